The number of hydrogen-bond acceptors (Lipinski definition) is 5. The lowest BCUT2D eigenvalue weighted by molar-refractivity contribution is -0.147. The summed E-state index contributed by atoms with van der Waals surface area (Å²) in [7, 11) is 1.47. The average Bonchev–Trinajstić information content (AvgIpc) is 3.31. The van der Waals surface area contributed by atoms with E-state index in [1.165, 1.54) is 20.0 Å². The second-order valence-corrected chi connectivity index (χ2v) is 8.81. The number of rotatable bonds is 11. The van der Waals surface area contributed by atoms with Crippen LogP contribution in [0.1, 0.15) is 71.1 Å². The Kier molecular flexibility index (Phi) is 10.4. The average molecular weight is 409 g/mol. The van der Waals surface area contributed by atoms with Crippen LogP contribution >= 0.6 is 0 Å². The molecule has 0 bridgehead atoms. The Morgan fingerprint density at radius 1 is 1.14 bits per heavy atom. The van der Waals surface area contributed by atoms with Crippen LogP contribution in [0.15, 0.2) is 24.3 Å². The fourth-order valence-electron chi connectivity index (χ4n) is 5.06. The van der Waals surface area contributed by atoms with Crippen LogP contribution in [0.25, 0.3) is 0 Å². The standard InChI is InChI=1S/C24H40O5/c1-3-9-18(25)14-15-21-20(22(26)16-23(21)27)13-6-4-5-12-19(24(28)29-2)17-10-7-8-11-17/h4,6,14-15,17-23,25-27H,3,5,7-13,16H2,1-2H3/b6-4-,15-14+/t18-,19?,20+,21+,22-,23+/m0/s1. The molecule has 2 rings (SSSR count). The molecule has 2 saturated carbocycles. The number of carbonyl (C=O) groups excluding carboxylic acids is 1. The summed E-state index contributed by atoms with van der Waals surface area (Å²) in [6.45, 7) is 2.02. The predicted octanol–water partition coefficient (Wildman–Crippen LogP) is 3.77. The molecule has 6 atom stereocenters. The molecule has 0 saturated heterocycles. The first-order valence-corrected chi connectivity index (χ1v) is 11.4. The molecule has 1 unspecified atom stereocenters. The first-order valence-electron chi connectivity index (χ1n) is 11.4. The monoisotopic (exact) mass is 408 g/mol. The number of aliphatic hydroxyl groups is 3. The van der Waals surface area contributed by atoms with Crippen LogP contribution in [-0.4, -0.2) is 46.7 Å². The molecule has 0 amide bonds. The summed E-state index contributed by atoms with van der Waals surface area (Å²) in [5.41, 5.74) is 0. The lowest BCUT2D eigenvalue weighted by atomic mass is 9.86. The molecule has 5 nitrogen and oxygen atoms in total. The Hall–Kier alpha value is -1.17. The van der Waals surface area contributed by atoms with Crippen LogP contribution < -0.4 is 0 Å². The van der Waals surface area contributed by atoms with Gasteiger partial charge in [-0.1, -0.05) is 50.5 Å². The molecule has 0 aromatic rings. The largest absolute Gasteiger partial charge is 0.469 e. The summed E-state index contributed by atoms with van der Waals surface area (Å²) < 4.78 is 5.01. The maximum atomic E-state index is 12.1. The number of allylic oxidation sites excluding steroid dienone is 2. The lowest BCUT2D eigenvalue weighted by Gasteiger charge is -2.21. The van der Waals surface area contributed by atoms with Gasteiger partial charge in [0.05, 0.1) is 31.3 Å². The third-order valence-electron chi connectivity index (χ3n) is 6.75. The highest BCUT2D eigenvalue weighted by atomic mass is 16.5. The number of carbonyl (C=O) groups is 1. The van der Waals surface area contributed by atoms with Crippen molar-refractivity contribution in [2.75, 3.05) is 7.11 Å². The van der Waals surface area contributed by atoms with E-state index < -0.39 is 18.3 Å². The van der Waals surface area contributed by atoms with E-state index in [0.29, 0.717) is 25.2 Å². The van der Waals surface area contributed by atoms with Crippen LogP contribution in [0.4, 0.5) is 0 Å². The molecule has 166 valence electrons. The van der Waals surface area contributed by atoms with E-state index in [4.69, 9.17) is 4.74 Å². The molecule has 5 heteroatoms. The topological polar surface area (TPSA) is 87.0 Å². The molecular weight excluding hydrogens is 368 g/mol. The fourth-order valence-corrected chi connectivity index (χ4v) is 5.06. The van der Waals surface area contributed by atoms with Crippen molar-refractivity contribution in [2.24, 2.45) is 23.7 Å². The van der Waals surface area contributed by atoms with Gasteiger partial charge in [0.2, 0.25) is 0 Å². The van der Waals surface area contributed by atoms with Gasteiger partial charge in [-0.2, -0.15) is 0 Å². The minimum Gasteiger partial charge on any atom is -0.469 e. The van der Waals surface area contributed by atoms with Crippen molar-refractivity contribution in [3.05, 3.63) is 24.3 Å². The van der Waals surface area contributed by atoms with Crippen molar-refractivity contribution in [1.82, 2.24) is 0 Å². The van der Waals surface area contributed by atoms with Crippen LogP contribution in [0, 0.1) is 23.7 Å². The summed E-state index contributed by atoms with van der Waals surface area (Å²) in [5.74, 6) is 0.170. The highest BCUT2D eigenvalue weighted by molar-refractivity contribution is 5.72. The number of aliphatic hydroxyl groups excluding tert-OH is 3. The van der Waals surface area contributed by atoms with Gasteiger partial charge in [0, 0.05) is 12.3 Å². The van der Waals surface area contributed by atoms with E-state index in [-0.39, 0.29) is 23.7 Å². The minimum absolute atomic E-state index is 0.0122. The second kappa shape index (κ2) is 12.5. The summed E-state index contributed by atoms with van der Waals surface area (Å²) in [5, 5.41) is 30.5. The van der Waals surface area contributed by atoms with E-state index >= 15 is 0 Å². The van der Waals surface area contributed by atoms with Gasteiger partial charge >= 0.3 is 5.97 Å². The number of esters is 1. The molecule has 3 N–H and O–H groups in total. The summed E-state index contributed by atoms with van der Waals surface area (Å²) in [4.78, 5) is 12.1. The predicted molar refractivity (Wildman–Crippen MR) is 114 cm³/mol. The number of hydrogen-bond donors (Lipinski definition) is 3. The van der Waals surface area contributed by atoms with Crippen molar-refractivity contribution in [1.29, 1.82) is 0 Å². The third-order valence-corrected chi connectivity index (χ3v) is 6.75. The molecule has 0 heterocycles. The molecule has 0 aromatic heterocycles. The van der Waals surface area contributed by atoms with Crippen molar-refractivity contribution in [2.45, 2.75) is 89.4 Å². The molecule has 0 aromatic carbocycles. The summed E-state index contributed by atoms with van der Waals surface area (Å²) in [6, 6.07) is 0. The van der Waals surface area contributed by atoms with Crippen molar-refractivity contribution >= 4 is 5.97 Å². The first-order chi connectivity index (χ1) is 14.0. The van der Waals surface area contributed by atoms with Gasteiger partial charge < -0.3 is 20.1 Å². The minimum atomic E-state index is -0.570. The SMILES string of the molecule is CCC[C@H](O)/C=C/[C@@H]1[C@@H](C/C=C\CCC(C(=O)OC)C2CCCC2)[C@@H](O)C[C@H]1O. The van der Waals surface area contributed by atoms with Crippen LogP contribution in [-0.2, 0) is 9.53 Å². The normalized spacial score (nSPS) is 30.4. The zero-order valence-corrected chi connectivity index (χ0v) is 18.1. The van der Waals surface area contributed by atoms with E-state index in [1.54, 1.807) is 6.08 Å². The van der Waals surface area contributed by atoms with Crippen LogP contribution in [0.2, 0.25) is 0 Å². The van der Waals surface area contributed by atoms with Gasteiger partial charge in [0.1, 0.15) is 0 Å². The molecule has 0 spiro atoms. The molecular formula is C24H40O5. The van der Waals surface area contributed by atoms with Crippen LogP contribution in [0.5, 0.6) is 0 Å². The lowest BCUT2D eigenvalue weighted by Crippen LogP contribution is -2.23. The van der Waals surface area contributed by atoms with E-state index in [1.807, 2.05) is 13.0 Å². The van der Waals surface area contributed by atoms with Crippen molar-refractivity contribution < 1.29 is 24.9 Å². The van der Waals surface area contributed by atoms with E-state index in [2.05, 4.69) is 12.2 Å². The zero-order chi connectivity index (χ0) is 21.2. The Labute approximate surface area is 175 Å². The first kappa shape index (κ1) is 24.1. The highest BCUT2D eigenvalue weighted by Crippen LogP contribution is 2.37. The van der Waals surface area contributed by atoms with Gasteiger partial charge in [0.25, 0.3) is 0 Å². The highest BCUT2D eigenvalue weighted by Gasteiger charge is 2.39. The van der Waals surface area contributed by atoms with Gasteiger partial charge in [-0.25, -0.2) is 0 Å². The Morgan fingerprint density at radius 3 is 2.52 bits per heavy atom. The van der Waals surface area contributed by atoms with Crippen molar-refractivity contribution in [3.63, 3.8) is 0 Å². The molecule has 0 aliphatic heterocycles. The molecule has 2 fully saturated rings. The fraction of sp³-hybridized carbons (Fsp3) is 0.792. The Balaban J connectivity index is 1.85. The van der Waals surface area contributed by atoms with Gasteiger partial charge in [-0.3, -0.25) is 4.79 Å². The maximum absolute atomic E-state index is 12.1. The second-order valence-electron chi connectivity index (χ2n) is 8.81. The van der Waals surface area contributed by atoms with Crippen LogP contribution in [0.3, 0.4) is 0 Å². The Morgan fingerprint density at radius 2 is 1.86 bits per heavy atom. The third kappa shape index (κ3) is 7.23. The summed E-state index contributed by atoms with van der Waals surface area (Å²) in [6.07, 6.45) is 15.1. The van der Waals surface area contributed by atoms with Crippen molar-refractivity contribution in [3.8, 4) is 0 Å². The molecule has 29 heavy (non-hydrogen) atoms. The van der Waals surface area contributed by atoms with E-state index in [9.17, 15) is 20.1 Å². The smallest absolute Gasteiger partial charge is 0.308 e. The number of ether oxygens (including phenoxy) is 1. The maximum Gasteiger partial charge on any atom is 0.308 e. The van der Waals surface area contributed by atoms with E-state index in [0.717, 1.165) is 32.1 Å². The molecule has 2 aliphatic rings. The van der Waals surface area contributed by atoms with Gasteiger partial charge in [-0.05, 0) is 50.4 Å². The molecule has 2 aliphatic carbocycles. The molecule has 0 radical (unpaired) electrons. The Bertz CT molecular complexity index is 537. The zero-order valence-electron chi connectivity index (χ0n) is 18.1. The quantitative estimate of drug-likeness (QED) is 0.358. The van der Waals surface area contributed by atoms with Gasteiger partial charge in [-0.15, -0.1) is 0 Å². The number of methoxy groups -OCH3 is 1. The van der Waals surface area contributed by atoms with Gasteiger partial charge in [0.15, 0.2) is 0 Å². The summed E-state index contributed by atoms with van der Waals surface area (Å²) >= 11 is 0.